The molecular formula is C28H34Cl2N6O4. The predicted octanol–water partition coefficient (Wildman–Crippen LogP) is 4.40. The molecule has 10 nitrogen and oxygen atoms in total. The fraction of sp³-hybridized carbons (Fsp3) is 0.357. The van der Waals surface area contributed by atoms with Crippen molar-refractivity contribution in [1.29, 1.82) is 0 Å². The van der Waals surface area contributed by atoms with E-state index in [1.165, 1.54) is 0 Å². The van der Waals surface area contributed by atoms with Gasteiger partial charge in [-0.1, -0.05) is 40.5 Å². The molecule has 0 fully saturated rings. The highest BCUT2D eigenvalue weighted by atomic mass is 35.5. The van der Waals surface area contributed by atoms with Crippen LogP contribution in [0.5, 0.6) is 5.75 Å². The molecular weight excluding hydrogens is 555 g/mol. The van der Waals surface area contributed by atoms with Gasteiger partial charge in [0.05, 0.1) is 41.0 Å². The maximum absolute atomic E-state index is 12.7. The fourth-order valence-electron chi connectivity index (χ4n) is 3.69. The van der Waals surface area contributed by atoms with Crippen LogP contribution in [0.2, 0.25) is 10.0 Å². The molecule has 40 heavy (non-hydrogen) atoms. The molecule has 214 valence electrons. The topological polar surface area (TPSA) is 139 Å². The van der Waals surface area contributed by atoms with E-state index in [1.54, 1.807) is 19.1 Å². The number of hydrogen-bond acceptors (Lipinski definition) is 8. The number of benzene rings is 2. The summed E-state index contributed by atoms with van der Waals surface area (Å²) in [6.07, 6.45) is 6.76. The minimum atomic E-state index is -0.412. The molecule has 5 N–H and O–H groups in total. The van der Waals surface area contributed by atoms with Gasteiger partial charge in [-0.15, -0.1) is 0 Å². The number of nitrogens with zero attached hydrogens (tertiary/aromatic N) is 2. The Hall–Kier alpha value is -3.60. The first-order valence-corrected chi connectivity index (χ1v) is 13.8. The molecule has 0 aromatic heterocycles. The molecule has 3 aliphatic heterocycles. The van der Waals surface area contributed by atoms with E-state index in [-0.39, 0.29) is 41.4 Å². The lowest BCUT2D eigenvalue weighted by Gasteiger charge is -2.12. The monoisotopic (exact) mass is 588 g/mol. The summed E-state index contributed by atoms with van der Waals surface area (Å²) in [5.74, 6) is -0.0510. The number of carbonyl (C=O) groups is 2. The van der Waals surface area contributed by atoms with Crippen molar-refractivity contribution >= 4 is 52.4 Å². The van der Waals surface area contributed by atoms with Gasteiger partial charge in [0.2, 0.25) is 11.8 Å². The van der Waals surface area contributed by atoms with Crippen molar-refractivity contribution in [1.82, 2.24) is 10.6 Å². The number of nitrogens with one attached hydrogen (secondary N) is 3. The van der Waals surface area contributed by atoms with Gasteiger partial charge in [-0.2, -0.15) is 0 Å². The molecule has 3 heterocycles. The van der Waals surface area contributed by atoms with Crippen LogP contribution in [-0.2, 0) is 21.0 Å². The number of fused-ring (bicyclic) bond motifs is 2. The van der Waals surface area contributed by atoms with Crippen molar-refractivity contribution in [2.45, 2.75) is 39.2 Å². The van der Waals surface area contributed by atoms with E-state index in [0.717, 1.165) is 19.3 Å². The standard InChI is InChI=1S/C28H34Cl2N6O4/c1-2-40-36-24-16-25(37)35-28(31)33-17-19-14-22(29)27(23(30)15-19)34-26(38)18-32-12-6-4-3-5-7-13-39-21-10-8-20(24)9-11-21/h5,7-11,14-15,32H,2-4,6,12-13,16-18H2,1H3,(H,34,38)(H3,31,33,35,37). The average Bonchev–Trinajstić information content (AvgIpc) is 2.92. The third-order valence-electron chi connectivity index (χ3n) is 5.66. The highest BCUT2D eigenvalue weighted by molar-refractivity contribution is 6.39. The van der Waals surface area contributed by atoms with Crippen LogP contribution in [0.25, 0.3) is 0 Å². The molecule has 0 saturated heterocycles. The van der Waals surface area contributed by atoms with Crippen molar-refractivity contribution < 1.29 is 19.2 Å². The second-order valence-corrected chi connectivity index (χ2v) is 9.66. The van der Waals surface area contributed by atoms with E-state index < -0.39 is 5.91 Å². The lowest BCUT2D eigenvalue weighted by molar-refractivity contribution is -0.118. The van der Waals surface area contributed by atoms with E-state index in [4.69, 9.17) is 38.5 Å². The summed E-state index contributed by atoms with van der Waals surface area (Å²) >= 11 is 12.7. The number of hydrogen-bond donors (Lipinski definition) is 4. The summed E-state index contributed by atoms with van der Waals surface area (Å²) in [7, 11) is 0. The molecule has 2 aromatic rings. The molecule has 2 aromatic carbocycles. The Morgan fingerprint density at radius 3 is 2.52 bits per heavy atom. The summed E-state index contributed by atoms with van der Waals surface area (Å²) in [6, 6.07) is 10.5. The zero-order valence-electron chi connectivity index (χ0n) is 22.3. The van der Waals surface area contributed by atoms with Crippen molar-refractivity contribution in [2.24, 2.45) is 15.9 Å². The summed E-state index contributed by atoms with van der Waals surface area (Å²) in [4.78, 5) is 34.5. The van der Waals surface area contributed by atoms with Crippen molar-refractivity contribution in [3.05, 3.63) is 69.7 Å². The Kier molecular flexibility index (Phi) is 12.8. The maximum Gasteiger partial charge on any atom is 0.238 e. The second-order valence-electron chi connectivity index (χ2n) is 8.84. The number of allylic oxidation sites excluding steroid dienone is 1. The predicted molar refractivity (Wildman–Crippen MR) is 159 cm³/mol. The van der Waals surface area contributed by atoms with Crippen molar-refractivity contribution in [2.75, 3.05) is 31.6 Å². The third kappa shape index (κ3) is 10.5. The summed E-state index contributed by atoms with van der Waals surface area (Å²) in [5.41, 5.74) is 8.06. The van der Waals surface area contributed by atoms with Gasteiger partial charge in [0.25, 0.3) is 0 Å². The number of rotatable bonds is 2. The average molecular weight is 590 g/mol. The first kappa shape index (κ1) is 30.9. The molecule has 0 atom stereocenters. The lowest BCUT2D eigenvalue weighted by Crippen LogP contribution is -2.37. The smallest absolute Gasteiger partial charge is 0.238 e. The number of nitrogens with two attached hydrogens (primary N) is 1. The minimum absolute atomic E-state index is 0.0781. The molecule has 0 aliphatic carbocycles. The number of carbonyl (C=O) groups excluding carboxylic acids is 2. The van der Waals surface area contributed by atoms with Crippen LogP contribution in [0.15, 0.2) is 58.7 Å². The molecule has 0 radical (unpaired) electrons. The third-order valence-corrected chi connectivity index (χ3v) is 6.25. The zero-order chi connectivity index (χ0) is 28.7. The van der Waals surface area contributed by atoms with Gasteiger partial charge in [-0.25, -0.2) is 4.99 Å². The molecule has 2 amide bonds. The van der Waals surface area contributed by atoms with Gasteiger partial charge < -0.3 is 25.9 Å². The number of amides is 2. The van der Waals surface area contributed by atoms with E-state index in [1.807, 2.05) is 30.3 Å². The van der Waals surface area contributed by atoms with Crippen LogP contribution in [0.1, 0.15) is 43.7 Å². The van der Waals surface area contributed by atoms with Gasteiger partial charge >= 0.3 is 0 Å². The lowest BCUT2D eigenvalue weighted by atomic mass is 10.1. The molecule has 0 saturated carbocycles. The summed E-state index contributed by atoms with van der Waals surface area (Å²) < 4.78 is 5.77. The van der Waals surface area contributed by atoms with E-state index in [9.17, 15) is 9.59 Å². The number of anilines is 1. The van der Waals surface area contributed by atoms with Crippen LogP contribution in [0, 0.1) is 0 Å². The van der Waals surface area contributed by atoms with Gasteiger partial charge in [0, 0.05) is 5.56 Å². The Balaban J connectivity index is 1.77. The summed E-state index contributed by atoms with van der Waals surface area (Å²) in [6.45, 7) is 3.54. The minimum Gasteiger partial charge on any atom is -0.490 e. The Bertz CT molecular complexity index is 1220. The van der Waals surface area contributed by atoms with Gasteiger partial charge in [-0.3, -0.25) is 14.9 Å². The highest BCUT2D eigenvalue weighted by Crippen LogP contribution is 2.32. The van der Waals surface area contributed by atoms with E-state index >= 15 is 0 Å². The number of aliphatic imine (C=N–C) groups is 1. The zero-order valence-corrected chi connectivity index (χ0v) is 23.9. The quantitative estimate of drug-likeness (QED) is 0.303. The Labute approximate surface area is 244 Å². The highest BCUT2D eigenvalue weighted by Gasteiger charge is 2.14. The van der Waals surface area contributed by atoms with Gasteiger partial charge in [0.1, 0.15) is 19.0 Å². The van der Waals surface area contributed by atoms with Gasteiger partial charge in [-0.05, 0) is 74.7 Å². The maximum atomic E-state index is 12.7. The molecule has 0 spiro atoms. The number of ether oxygens (including phenoxy) is 1. The van der Waals surface area contributed by atoms with Crippen LogP contribution in [0.3, 0.4) is 0 Å². The van der Waals surface area contributed by atoms with Crippen molar-refractivity contribution in [3.63, 3.8) is 0 Å². The SMILES string of the molecule is CCON=C1CC(=O)NC(N)=NCc2cc(Cl)c(c(Cl)c2)NC(=O)CNCCCCC=CCOc2ccc1cc2. The molecule has 5 rings (SSSR count). The molecule has 4 bridgehead atoms. The largest absolute Gasteiger partial charge is 0.490 e. The van der Waals surface area contributed by atoms with E-state index in [0.29, 0.717) is 48.0 Å². The van der Waals surface area contributed by atoms with Crippen LogP contribution < -0.4 is 26.4 Å². The molecule has 0 unspecified atom stereocenters. The van der Waals surface area contributed by atoms with Crippen LogP contribution in [-0.4, -0.2) is 49.8 Å². The number of oxime groups is 1. The first-order chi connectivity index (χ1) is 19.4. The van der Waals surface area contributed by atoms with Gasteiger partial charge in [0.15, 0.2) is 5.96 Å². The number of halogens is 2. The Morgan fingerprint density at radius 2 is 1.80 bits per heavy atom. The molecule has 3 aliphatic rings. The fourth-order valence-corrected chi connectivity index (χ4v) is 4.32. The van der Waals surface area contributed by atoms with Crippen LogP contribution in [0.4, 0.5) is 5.69 Å². The number of guanidine groups is 1. The van der Waals surface area contributed by atoms with Crippen molar-refractivity contribution in [3.8, 4) is 5.75 Å². The first-order valence-electron chi connectivity index (χ1n) is 13.0. The normalized spacial score (nSPS) is 17.5. The second kappa shape index (κ2) is 16.5. The molecule has 12 heteroatoms. The van der Waals surface area contributed by atoms with E-state index in [2.05, 4.69) is 32.2 Å². The Morgan fingerprint density at radius 1 is 1.05 bits per heavy atom. The summed E-state index contributed by atoms with van der Waals surface area (Å²) in [5, 5.41) is 13.1. The van der Waals surface area contributed by atoms with Crippen LogP contribution >= 0.6 is 23.2 Å².